The van der Waals surface area contributed by atoms with E-state index in [1.54, 1.807) is 6.07 Å². The van der Waals surface area contributed by atoms with Crippen molar-refractivity contribution in [3.8, 4) is 0 Å². The zero-order valence-electron chi connectivity index (χ0n) is 18.0. The van der Waals surface area contributed by atoms with Gasteiger partial charge in [0.1, 0.15) is 6.04 Å². The molecule has 2 heterocycles. The lowest BCUT2D eigenvalue weighted by atomic mass is 10.1. The summed E-state index contributed by atoms with van der Waals surface area (Å²) < 4.78 is 19.5. The van der Waals surface area contributed by atoms with Gasteiger partial charge in [0.25, 0.3) is 11.8 Å². The molecular formula is C22H22N2O9. The molecule has 2 amide bonds. The predicted molar refractivity (Wildman–Crippen MR) is 111 cm³/mol. The summed E-state index contributed by atoms with van der Waals surface area (Å²) in [7, 11) is 2.35. The summed E-state index contributed by atoms with van der Waals surface area (Å²) in [6, 6.07) is 6.11. The second kappa shape index (κ2) is 10.4. The van der Waals surface area contributed by atoms with Gasteiger partial charge in [-0.05, 0) is 43.2 Å². The number of hydrogen-bond donors (Lipinski definition) is 1. The molecule has 0 bridgehead atoms. The fourth-order valence-corrected chi connectivity index (χ4v) is 3.40. The van der Waals surface area contributed by atoms with Gasteiger partial charge in [0.2, 0.25) is 0 Å². The molecule has 33 heavy (non-hydrogen) atoms. The Balaban J connectivity index is 1.63. The van der Waals surface area contributed by atoms with Gasteiger partial charge in [0, 0.05) is 12.2 Å². The summed E-state index contributed by atoms with van der Waals surface area (Å²) in [6.07, 6.45) is 2.37. The lowest BCUT2D eigenvalue weighted by Crippen LogP contribution is -2.42. The fourth-order valence-electron chi connectivity index (χ4n) is 3.40. The summed E-state index contributed by atoms with van der Waals surface area (Å²) in [5.74, 6) is -3.18. The number of amides is 2. The largest absolute Gasteiger partial charge is 0.465 e. The van der Waals surface area contributed by atoms with Gasteiger partial charge < -0.3 is 28.8 Å². The number of anilines is 1. The molecule has 0 spiro atoms. The fraction of sp³-hybridized carbons (Fsp3) is 0.318. The summed E-state index contributed by atoms with van der Waals surface area (Å²) in [6.45, 7) is -0.268. The number of ether oxygens (including phenoxy) is 3. The molecule has 1 unspecified atom stereocenters. The van der Waals surface area contributed by atoms with Crippen LogP contribution in [0.5, 0.6) is 0 Å². The van der Waals surface area contributed by atoms with Crippen molar-refractivity contribution < 1.29 is 42.6 Å². The standard InChI is InChI=1S/C22H22N2O9/c1-30-20(27)13-9-14(21(28)31-2)11-15(10-13)23-18(25)12-33-22(29)16-5-3-7-24(16)19(26)17-6-4-8-32-17/h4,6,8-11,16H,3,5,7,12H2,1-2H3,(H,23,25). The number of nitrogens with zero attached hydrogens (tertiary/aromatic N) is 1. The third-order valence-corrected chi connectivity index (χ3v) is 4.92. The van der Waals surface area contributed by atoms with Crippen LogP contribution in [0.1, 0.15) is 44.1 Å². The van der Waals surface area contributed by atoms with E-state index in [0.29, 0.717) is 19.4 Å². The van der Waals surface area contributed by atoms with Crippen LogP contribution in [0, 0.1) is 0 Å². The smallest absolute Gasteiger partial charge is 0.337 e. The zero-order chi connectivity index (χ0) is 24.0. The van der Waals surface area contributed by atoms with Gasteiger partial charge in [0.05, 0.1) is 31.6 Å². The predicted octanol–water partition coefficient (Wildman–Crippen LogP) is 1.64. The maximum absolute atomic E-state index is 12.5. The number of esters is 3. The van der Waals surface area contributed by atoms with Crippen LogP contribution in [-0.2, 0) is 23.8 Å². The van der Waals surface area contributed by atoms with E-state index in [1.807, 2.05) is 0 Å². The molecule has 11 heteroatoms. The van der Waals surface area contributed by atoms with Crippen molar-refractivity contribution in [1.29, 1.82) is 0 Å². The van der Waals surface area contributed by atoms with E-state index in [2.05, 4.69) is 14.8 Å². The van der Waals surface area contributed by atoms with Crippen LogP contribution in [0.25, 0.3) is 0 Å². The van der Waals surface area contributed by atoms with Crippen molar-refractivity contribution in [2.45, 2.75) is 18.9 Å². The summed E-state index contributed by atoms with van der Waals surface area (Å²) >= 11 is 0. The molecular weight excluding hydrogens is 436 g/mol. The first kappa shape index (κ1) is 23.5. The quantitative estimate of drug-likeness (QED) is 0.484. The van der Waals surface area contributed by atoms with Crippen molar-refractivity contribution >= 4 is 35.4 Å². The van der Waals surface area contributed by atoms with Crippen LogP contribution in [0.3, 0.4) is 0 Å². The Hall–Kier alpha value is -4.15. The van der Waals surface area contributed by atoms with E-state index in [4.69, 9.17) is 9.15 Å². The Morgan fingerprint density at radius 1 is 1.06 bits per heavy atom. The number of benzene rings is 1. The lowest BCUT2D eigenvalue weighted by Gasteiger charge is -2.22. The molecule has 1 aromatic heterocycles. The number of hydrogen-bond acceptors (Lipinski definition) is 9. The molecule has 2 aromatic rings. The Morgan fingerprint density at radius 2 is 1.73 bits per heavy atom. The Labute approximate surface area is 188 Å². The number of furan rings is 1. The first-order valence-corrected chi connectivity index (χ1v) is 9.96. The van der Waals surface area contributed by atoms with Crippen molar-refractivity contribution in [1.82, 2.24) is 4.90 Å². The minimum atomic E-state index is -0.830. The number of nitrogens with one attached hydrogen (secondary N) is 1. The molecule has 1 fully saturated rings. The minimum absolute atomic E-state index is 0.0192. The van der Waals surface area contributed by atoms with Gasteiger partial charge in [-0.2, -0.15) is 0 Å². The van der Waals surface area contributed by atoms with Crippen molar-refractivity contribution in [2.24, 2.45) is 0 Å². The van der Waals surface area contributed by atoms with E-state index >= 15 is 0 Å². The Kier molecular flexibility index (Phi) is 7.44. The van der Waals surface area contributed by atoms with Gasteiger partial charge in [-0.3, -0.25) is 9.59 Å². The highest BCUT2D eigenvalue weighted by molar-refractivity contribution is 6.00. The van der Waals surface area contributed by atoms with E-state index in [-0.39, 0.29) is 22.6 Å². The first-order valence-electron chi connectivity index (χ1n) is 9.96. The average Bonchev–Trinajstić information content (AvgIpc) is 3.53. The second-order valence-corrected chi connectivity index (χ2v) is 7.07. The summed E-state index contributed by atoms with van der Waals surface area (Å²) in [5, 5.41) is 2.46. The van der Waals surface area contributed by atoms with Crippen LogP contribution in [0.15, 0.2) is 41.0 Å². The number of carbonyl (C=O) groups excluding carboxylic acids is 5. The van der Waals surface area contributed by atoms with Crippen LogP contribution in [0.2, 0.25) is 0 Å². The SMILES string of the molecule is COC(=O)c1cc(NC(=O)COC(=O)C2CCCN2C(=O)c2ccco2)cc(C(=O)OC)c1. The highest BCUT2D eigenvalue weighted by Crippen LogP contribution is 2.22. The molecule has 1 aliphatic heterocycles. The molecule has 1 saturated heterocycles. The molecule has 0 saturated carbocycles. The minimum Gasteiger partial charge on any atom is -0.465 e. The van der Waals surface area contributed by atoms with E-state index < -0.39 is 42.4 Å². The first-order chi connectivity index (χ1) is 15.8. The molecule has 1 atom stereocenters. The zero-order valence-corrected chi connectivity index (χ0v) is 18.0. The van der Waals surface area contributed by atoms with E-state index in [1.165, 1.54) is 49.6 Å². The van der Waals surface area contributed by atoms with Crippen molar-refractivity contribution in [3.05, 3.63) is 53.5 Å². The number of rotatable bonds is 7. The molecule has 0 aliphatic carbocycles. The van der Waals surface area contributed by atoms with E-state index in [9.17, 15) is 24.0 Å². The molecule has 1 aliphatic rings. The number of methoxy groups -OCH3 is 2. The molecule has 3 rings (SSSR count). The highest BCUT2D eigenvalue weighted by atomic mass is 16.5. The normalized spacial score (nSPS) is 15.0. The third-order valence-electron chi connectivity index (χ3n) is 4.92. The van der Waals surface area contributed by atoms with Gasteiger partial charge in [-0.1, -0.05) is 0 Å². The molecule has 11 nitrogen and oxygen atoms in total. The van der Waals surface area contributed by atoms with Crippen LogP contribution < -0.4 is 5.32 Å². The summed E-state index contributed by atoms with van der Waals surface area (Å²) in [4.78, 5) is 62.4. The molecule has 1 N–H and O–H groups in total. The van der Waals surface area contributed by atoms with Crippen molar-refractivity contribution in [2.75, 3.05) is 32.7 Å². The van der Waals surface area contributed by atoms with Crippen molar-refractivity contribution in [3.63, 3.8) is 0 Å². The third kappa shape index (κ3) is 5.56. The Morgan fingerprint density at radius 3 is 2.30 bits per heavy atom. The second-order valence-electron chi connectivity index (χ2n) is 7.07. The summed E-state index contributed by atoms with van der Waals surface area (Å²) in [5.41, 5.74) is 0.145. The average molecular weight is 458 g/mol. The lowest BCUT2D eigenvalue weighted by molar-refractivity contribution is -0.151. The van der Waals surface area contributed by atoms with Gasteiger partial charge in [-0.25, -0.2) is 14.4 Å². The topological polar surface area (TPSA) is 141 Å². The monoisotopic (exact) mass is 458 g/mol. The number of carbonyl (C=O) groups is 5. The van der Waals surface area contributed by atoms with Gasteiger partial charge in [0.15, 0.2) is 12.4 Å². The maximum atomic E-state index is 12.5. The highest BCUT2D eigenvalue weighted by Gasteiger charge is 2.36. The van der Waals surface area contributed by atoms with Gasteiger partial charge >= 0.3 is 17.9 Å². The van der Waals surface area contributed by atoms with Crippen LogP contribution >= 0.6 is 0 Å². The maximum Gasteiger partial charge on any atom is 0.337 e. The van der Waals surface area contributed by atoms with E-state index in [0.717, 1.165) is 0 Å². The number of likely N-dealkylation sites (tertiary alicyclic amines) is 1. The molecule has 0 radical (unpaired) electrons. The van der Waals surface area contributed by atoms with Gasteiger partial charge in [-0.15, -0.1) is 0 Å². The molecule has 1 aromatic carbocycles. The van der Waals surface area contributed by atoms with Crippen LogP contribution in [0.4, 0.5) is 5.69 Å². The molecule has 174 valence electrons. The Bertz CT molecular complexity index is 1030. The van der Waals surface area contributed by atoms with Crippen LogP contribution in [-0.4, -0.2) is 68.0 Å².